The standard InChI is InChI=1S/C24H27N5O2/c1-16(2)29-22-20(15-25-29)19(14-21(26-22)17-8-9-17)24(31)28-12-10-27(11-13-28)23(30)18-6-4-3-5-7-18/h3-7,14-17H,8-13H2,1-2H3. The van der Waals surface area contributed by atoms with Crippen LogP contribution >= 0.6 is 0 Å². The number of hydrogen-bond acceptors (Lipinski definition) is 4. The SMILES string of the molecule is CC(C)n1ncc2c(C(=O)N3CCN(C(=O)c4ccccc4)CC3)cc(C3CC3)nc21. The fourth-order valence-electron chi connectivity index (χ4n) is 4.23. The van der Waals surface area contributed by atoms with Gasteiger partial charge < -0.3 is 9.80 Å². The molecule has 1 saturated carbocycles. The molecule has 0 bridgehead atoms. The van der Waals surface area contributed by atoms with Gasteiger partial charge in [0, 0.05) is 49.4 Å². The second-order valence-corrected chi connectivity index (χ2v) is 8.74. The van der Waals surface area contributed by atoms with Crippen LogP contribution in [0.15, 0.2) is 42.6 Å². The number of hydrogen-bond donors (Lipinski definition) is 0. The van der Waals surface area contributed by atoms with E-state index in [4.69, 9.17) is 4.98 Å². The number of carbonyl (C=O) groups is 2. The predicted molar refractivity (Wildman–Crippen MR) is 118 cm³/mol. The van der Waals surface area contributed by atoms with Crippen molar-refractivity contribution in [2.45, 2.75) is 38.6 Å². The normalized spacial score (nSPS) is 16.9. The molecule has 0 atom stereocenters. The quantitative estimate of drug-likeness (QED) is 0.652. The third-order valence-corrected chi connectivity index (χ3v) is 6.18. The number of fused-ring (bicyclic) bond motifs is 1. The molecule has 31 heavy (non-hydrogen) atoms. The van der Waals surface area contributed by atoms with Gasteiger partial charge in [-0.2, -0.15) is 5.10 Å². The van der Waals surface area contributed by atoms with Gasteiger partial charge >= 0.3 is 0 Å². The number of benzene rings is 1. The molecule has 2 fully saturated rings. The highest BCUT2D eigenvalue weighted by molar-refractivity contribution is 6.05. The summed E-state index contributed by atoms with van der Waals surface area (Å²) < 4.78 is 1.90. The lowest BCUT2D eigenvalue weighted by Gasteiger charge is -2.35. The zero-order valence-corrected chi connectivity index (χ0v) is 18.0. The van der Waals surface area contributed by atoms with E-state index in [1.165, 1.54) is 0 Å². The second kappa shape index (κ2) is 7.80. The van der Waals surface area contributed by atoms with E-state index in [0.29, 0.717) is 43.2 Å². The summed E-state index contributed by atoms with van der Waals surface area (Å²) in [6, 6.07) is 11.5. The number of nitrogens with zero attached hydrogens (tertiary/aromatic N) is 5. The van der Waals surface area contributed by atoms with Crippen molar-refractivity contribution in [3.63, 3.8) is 0 Å². The van der Waals surface area contributed by atoms with Crippen LogP contribution in [-0.4, -0.2) is 62.6 Å². The third kappa shape index (κ3) is 3.69. The van der Waals surface area contributed by atoms with Gasteiger partial charge in [0.15, 0.2) is 5.65 Å². The highest BCUT2D eigenvalue weighted by Crippen LogP contribution is 2.40. The Balaban J connectivity index is 1.38. The van der Waals surface area contributed by atoms with Gasteiger partial charge in [0.2, 0.25) is 0 Å². The van der Waals surface area contributed by atoms with E-state index in [2.05, 4.69) is 18.9 Å². The lowest BCUT2D eigenvalue weighted by Crippen LogP contribution is -2.50. The number of aromatic nitrogens is 3. The van der Waals surface area contributed by atoms with Crippen LogP contribution in [0.3, 0.4) is 0 Å². The summed E-state index contributed by atoms with van der Waals surface area (Å²) in [6.07, 6.45) is 4.02. The molecule has 2 aromatic heterocycles. The van der Waals surface area contributed by atoms with Gasteiger partial charge in [-0.1, -0.05) is 18.2 Å². The molecule has 1 saturated heterocycles. The minimum absolute atomic E-state index is 0.00409. The van der Waals surface area contributed by atoms with Gasteiger partial charge in [0.25, 0.3) is 11.8 Å². The summed E-state index contributed by atoms with van der Waals surface area (Å²) >= 11 is 0. The number of carbonyl (C=O) groups excluding carboxylic acids is 2. The maximum atomic E-state index is 13.5. The molecule has 2 aliphatic rings. The van der Waals surface area contributed by atoms with Gasteiger partial charge in [-0.15, -0.1) is 0 Å². The molecule has 1 aromatic carbocycles. The molecule has 7 nitrogen and oxygen atoms in total. The first-order valence-corrected chi connectivity index (χ1v) is 11.0. The smallest absolute Gasteiger partial charge is 0.254 e. The topological polar surface area (TPSA) is 71.3 Å². The highest BCUT2D eigenvalue weighted by Gasteiger charge is 2.31. The van der Waals surface area contributed by atoms with Crippen molar-refractivity contribution < 1.29 is 9.59 Å². The number of piperazine rings is 1. The minimum atomic E-state index is 0.00409. The monoisotopic (exact) mass is 417 g/mol. The van der Waals surface area contributed by atoms with Crippen LogP contribution in [0.2, 0.25) is 0 Å². The van der Waals surface area contributed by atoms with E-state index in [9.17, 15) is 9.59 Å². The van der Waals surface area contributed by atoms with Gasteiger partial charge in [-0.05, 0) is 44.9 Å². The Morgan fingerprint density at radius 1 is 0.968 bits per heavy atom. The molecule has 0 spiro atoms. The van der Waals surface area contributed by atoms with Crippen molar-refractivity contribution >= 4 is 22.8 Å². The molecule has 1 aliphatic heterocycles. The molecule has 0 unspecified atom stereocenters. The second-order valence-electron chi connectivity index (χ2n) is 8.74. The Kier molecular flexibility index (Phi) is 4.96. The molecule has 3 heterocycles. The zero-order chi connectivity index (χ0) is 21.5. The van der Waals surface area contributed by atoms with Crippen molar-refractivity contribution in [2.75, 3.05) is 26.2 Å². The van der Waals surface area contributed by atoms with Crippen LogP contribution in [0.25, 0.3) is 11.0 Å². The first kappa shape index (κ1) is 19.7. The first-order chi connectivity index (χ1) is 15.0. The van der Waals surface area contributed by atoms with Crippen LogP contribution in [0.1, 0.15) is 65.1 Å². The Bertz CT molecular complexity index is 1130. The van der Waals surface area contributed by atoms with E-state index in [1.54, 1.807) is 6.20 Å². The van der Waals surface area contributed by atoms with Crippen LogP contribution in [0.4, 0.5) is 0 Å². The van der Waals surface area contributed by atoms with Gasteiger partial charge in [-0.3, -0.25) is 9.59 Å². The number of pyridine rings is 1. The summed E-state index contributed by atoms with van der Waals surface area (Å²) in [6.45, 7) is 6.27. The van der Waals surface area contributed by atoms with E-state index in [1.807, 2.05) is 50.9 Å². The Morgan fingerprint density at radius 2 is 1.61 bits per heavy atom. The van der Waals surface area contributed by atoms with Crippen molar-refractivity contribution in [2.24, 2.45) is 0 Å². The lowest BCUT2D eigenvalue weighted by molar-refractivity contribution is 0.0536. The third-order valence-electron chi connectivity index (χ3n) is 6.18. The summed E-state index contributed by atoms with van der Waals surface area (Å²) in [4.78, 5) is 34.7. The minimum Gasteiger partial charge on any atom is -0.335 e. The van der Waals surface area contributed by atoms with Crippen molar-refractivity contribution in [3.05, 3.63) is 59.4 Å². The van der Waals surface area contributed by atoms with Gasteiger partial charge in [-0.25, -0.2) is 9.67 Å². The van der Waals surface area contributed by atoms with Crippen LogP contribution in [-0.2, 0) is 0 Å². The number of rotatable bonds is 4. The van der Waals surface area contributed by atoms with Crippen LogP contribution < -0.4 is 0 Å². The summed E-state index contributed by atoms with van der Waals surface area (Å²) in [5.41, 5.74) is 3.16. The maximum Gasteiger partial charge on any atom is 0.254 e. The van der Waals surface area contributed by atoms with Crippen LogP contribution in [0, 0.1) is 0 Å². The van der Waals surface area contributed by atoms with Crippen LogP contribution in [0.5, 0.6) is 0 Å². The fraction of sp³-hybridized carbons (Fsp3) is 0.417. The fourth-order valence-corrected chi connectivity index (χ4v) is 4.23. The molecule has 1 aliphatic carbocycles. The predicted octanol–water partition coefficient (Wildman–Crippen LogP) is 3.49. The zero-order valence-electron chi connectivity index (χ0n) is 18.0. The Hall–Kier alpha value is -3.22. The summed E-state index contributed by atoms with van der Waals surface area (Å²) in [5, 5.41) is 5.31. The number of amides is 2. The average molecular weight is 418 g/mol. The van der Waals surface area contributed by atoms with Gasteiger partial charge in [0.1, 0.15) is 0 Å². The van der Waals surface area contributed by atoms with E-state index in [0.717, 1.165) is 29.6 Å². The molecule has 0 N–H and O–H groups in total. The van der Waals surface area contributed by atoms with E-state index < -0.39 is 0 Å². The molecule has 0 radical (unpaired) electrons. The van der Waals surface area contributed by atoms with Crippen molar-refractivity contribution in [3.8, 4) is 0 Å². The largest absolute Gasteiger partial charge is 0.335 e. The van der Waals surface area contributed by atoms with Gasteiger partial charge in [0.05, 0.1) is 17.1 Å². The Labute approximate surface area is 181 Å². The summed E-state index contributed by atoms with van der Waals surface area (Å²) in [7, 11) is 0. The molecule has 2 amide bonds. The molecular weight excluding hydrogens is 390 g/mol. The maximum absolute atomic E-state index is 13.5. The Morgan fingerprint density at radius 3 is 2.23 bits per heavy atom. The lowest BCUT2D eigenvalue weighted by atomic mass is 10.1. The van der Waals surface area contributed by atoms with Crippen molar-refractivity contribution in [1.29, 1.82) is 0 Å². The molecule has 3 aromatic rings. The van der Waals surface area contributed by atoms with E-state index in [-0.39, 0.29) is 17.9 Å². The summed E-state index contributed by atoms with van der Waals surface area (Å²) in [5.74, 6) is 0.476. The van der Waals surface area contributed by atoms with E-state index >= 15 is 0 Å². The first-order valence-electron chi connectivity index (χ1n) is 11.0. The molecule has 7 heteroatoms. The molecule has 5 rings (SSSR count). The molecule has 160 valence electrons. The van der Waals surface area contributed by atoms with Crippen molar-refractivity contribution in [1.82, 2.24) is 24.6 Å². The average Bonchev–Trinajstić information content (AvgIpc) is 3.56. The molecular formula is C24H27N5O2. The highest BCUT2D eigenvalue weighted by atomic mass is 16.2.